The lowest BCUT2D eigenvalue weighted by atomic mass is 9.73. The molecule has 0 fully saturated rings. The molecule has 202 valence electrons. The van der Waals surface area contributed by atoms with Gasteiger partial charge in [0.25, 0.3) is 5.69 Å². The fourth-order valence-electron chi connectivity index (χ4n) is 5.59. The summed E-state index contributed by atoms with van der Waals surface area (Å²) < 4.78 is 19.2. The minimum atomic E-state index is -0.726. The summed E-state index contributed by atoms with van der Waals surface area (Å²) in [4.78, 5) is 26.4. The number of ketones is 1. The molecule has 2 aliphatic rings. The van der Waals surface area contributed by atoms with Crippen LogP contribution in [0.15, 0.2) is 83.3 Å². The van der Waals surface area contributed by atoms with Gasteiger partial charge >= 0.3 is 0 Å². The van der Waals surface area contributed by atoms with Crippen molar-refractivity contribution in [2.24, 2.45) is 5.73 Å². The number of benzene rings is 3. The summed E-state index contributed by atoms with van der Waals surface area (Å²) in [5, 5.41) is 22.3. The predicted molar refractivity (Wildman–Crippen MR) is 148 cm³/mol. The van der Waals surface area contributed by atoms with E-state index in [1.807, 2.05) is 26.0 Å². The predicted octanol–water partition coefficient (Wildman–Crippen LogP) is 6.23. The van der Waals surface area contributed by atoms with Crippen molar-refractivity contribution >= 4 is 17.2 Å². The fraction of sp³-hybridized carbons (Fsp3) is 0.226. The first-order valence-electron chi connectivity index (χ1n) is 12.9. The van der Waals surface area contributed by atoms with E-state index in [1.54, 1.807) is 30.3 Å². The highest BCUT2D eigenvalue weighted by Crippen LogP contribution is 2.48. The van der Waals surface area contributed by atoms with Gasteiger partial charge in [0.2, 0.25) is 0 Å². The van der Waals surface area contributed by atoms with Gasteiger partial charge in [0.1, 0.15) is 29.7 Å². The van der Waals surface area contributed by atoms with Gasteiger partial charge in [0.05, 0.1) is 22.5 Å². The summed E-state index contributed by atoms with van der Waals surface area (Å²) in [6.07, 6.45) is 1.36. The second kappa shape index (κ2) is 10.7. The Bertz CT molecular complexity index is 1640. The van der Waals surface area contributed by atoms with Crippen LogP contribution in [0.2, 0.25) is 0 Å². The van der Waals surface area contributed by atoms with Crippen LogP contribution in [0.5, 0.6) is 5.75 Å². The summed E-state index contributed by atoms with van der Waals surface area (Å²) in [5.74, 6) is -0.615. The SMILES string of the molecule is Cc1cc(COc2ccc(F)cc2)c(C)c(C2C(C#N)=C(N)N(c3ccccc3[N+](=O)[O-])C3=C2C(=O)CCC3)c1. The highest BCUT2D eigenvalue weighted by atomic mass is 19.1. The number of carbonyl (C=O) groups excluding carboxylic acids is 1. The number of nitriles is 1. The second-order valence-electron chi connectivity index (χ2n) is 9.94. The lowest BCUT2D eigenvalue weighted by Gasteiger charge is -2.39. The van der Waals surface area contributed by atoms with Crippen molar-refractivity contribution in [3.63, 3.8) is 0 Å². The molecule has 0 saturated heterocycles. The topological polar surface area (TPSA) is 122 Å². The standard InChI is InChI=1S/C31H27FN4O4/c1-18-14-20(17-40-22-12-10-21(32)11-13-22)19(2)23(15-18)29-24(16-33)31(34)35(27-8-5-9-28(37)30(27)29)25-6-3-4-7-26(25)36(38)39/h3-4,6-7,10-15,29H,5,8-9,17,34H2,1-2H3. The quantitative estimate of drug-likeness (QED) is 0.291. The third kappa shape index (κ3) is 4.69. The molecular formula is C31H27FN4O4. The smallest absolute Gasteiger partial charge is 0.293 e. The molecule has 9 heteroatoms. The molecule has 2 N–H and O–H groups in total. The Morgan fingerprint density at radius 2 is 1.88 bits per heavy atom. The van der Waals surface area contributed by atoms with Crippen LogP contribution in [-0.4, -0.2) is 10.7 Å². The number of aryl methyl sites for hydroxylation is 1. The van der Waals surface area contributed by atoms with Gasteiger partial charge in [0, 0.05) is 23.8 Å². The van der Waals surface area contributed by atoms with Gasteiger partial charge in [-0.25, -0.2) is 4.39 Å². The number of anilines is 1. The number of nitrogens with two attached hydrogens (primary N) is 1. The number of allylic oxidation sites excluding steroid dienone is 3. The zero-order valence-corrected chi connectivity index (χ0v) is 22.1. The first-order valence-corrected chi connectivity index (χ1v) is 12.9. The van der Waals surface area contributed by atoms with Crippen molar-refractivity contribution < 1.29 is 18.8 Å². The van der Waals surface area contributed by atoms with Crippen molar-refractivity contribution in [2.45, 2.75) is 45.6 Å². The van der Waals surface area contributed by atoms with Crippen LogP contribution in [0.3, 0.4) is 0 Å². The van der Waals surface area contributed by atoms with E-state index in [2.05, 4.69) is 6.07 Å². The van der Waals surface area contributed by atoms with Crippen LogP contribution in [0, 0.1) is 41.1 Å². The van der Waals surface area contributed by atoms with E-state index in [0.717, 1.165) is 22.3 Å². The Morgan fingerprint density at radius 1 is 1.15 bits per heavy atom. The van der Waals surface area contributed by atoms with E-state index in [4.69, 9.17) is 10.5 Å². The third-order valence-corrected chi connectivity index (χ3v) is 7.45. The number of hydrogen-bond donors (Lipinski definition) is 1. The zero-order chi connectivity index (χ0) is 28.6. The molecule has 1 aliphatic heterocycles. The number of ether oxygens (including phenoxy) is 1. The number of nitrogens with zero attached hydrogens (tertiary/aromatic N) is 3. The molecule has 1 unspecified atom stereocenters. The molecule has 0 saturated carbocycles. The lowest BCUT2D eigenvalue weighted by Crippen LogP contribution is -2.39. The van der Waals surface area contributed by atoms with Crippen molar-refractivity contribution in [1.29, 1.82) is 5.26 Å². The largest absolute Gasteiger partial charge is 0.489 e. The van der Waals surface area contributed by atoms with E-state index in [0.29, 0.717) is 36.3 Å². The molecule has 1 heterocycles. The summed E-state index contributed by atoms with van der Waals surface area (Å²) in [6, 6.07) is 18.1. The maximum Gasteiger partial charge on any atom is 0.293 e. The minimum absolute atomic E-state index is 0.0697. The summed E-state index contributed by atoms with van der Waals surface area (Å²) in [6.45, 7) is 4.03. The normalized spacial score (nSPS) is 17.0. The van der Waals surface area contributed by atoms with Crippen molar-refractivity contribution in [3.05, 3.63) is 122 Å². The zero-order valence-electron chi connectivity index (χ0n) is 22.1. The molecule has 5 rings (SSSR count). The minimum Gasteiger partial charge on any atom is -0.489 e. The molecule has 0 amide bonds. The highest BCUT2D eigenvalue weighted by Gasteiger charge is 2.42. The summed E-state index contributed by atoms with van der Waals surface area (Å²) in [7, 11) is 0. The Hall–Kier alpha value is -4.97. The van der Waals surface area contributed by atoms with Gasteiger partial charge in [-0.15, -0.1) is 0 Å². The number of hydrogen-bond acceptors (Lipinski definition) is 7. The van der Waals surface area contributed by atoms with Gasteiger partial charge < -0.3 is 10.5 Å². The van der Waals surface area contributed by atoms with Crippen LogP contribution in [0.25, 0.3) is 0 Å². The third-order valence-electron chi connectivity index (χ3n) is 7.45. The van der Waals surface area contributed by atoms with E-state index >= 15 is 0 Å². The van der Waals surface area contributed by atoms with E-state index in [-0.39, 0.29) is 41.0 Å². The van der Waals surface area contributed by atoms with Gasteiger partial charge in [-0.05, 0) is 73.7 Å². The number of para-hydroxylation sites is 2. The number of nitro benzene ring substituents is 1. The monoisotopic (exact) mass is 538 g/mol. The van der Waals surface area contributed by atoms with Crippen molar-refractivity contribution in [3.8, 4) is 11.8 Å². The molecule has 0 spiro atoms. The maximum atomic E-state index is 13.5. The molecule has 0 bridgehead atoms. The molecule has 8 nitrogen and oxygen atoms in total. The summed E-state index contributed by atoms with van der Waals surface area (Å²) in [5.41, 5.74) is 11.2. The molecular weight excluding hydrogens is 511 g/mol. The molecule has 1 atom stereocenters. The Labute approximate surface area is 230 Å². The van der Waals surface area contributed by atoms with Crippen molar-refractivity contribution in [2.75, 3.05) is 4.90 Å². The van der Waals surface area contributed by atoms with Gasteiger partial charge in [-0.3, -0.25) is 19.8 Å². The van der Waals surface area contributed by atoms with Crippen molar-refractivity contribution in [1.82, 2.24) is 0 Å². The maximum absolute atomic E-state index is 13.5. The van der Waals surface area contributed by atoms with Crippen LogP contribution in [0.4, 0.5) is 15.8 Å². The van der Waals surface area contributed by atoms with Gasteiger partial charge in [0.15, 0.2) is 5.78 Å². The first kappa shape index (κ1) is 26.6. The van der Waals surface area contributed by atoms with Gasteiger partial charge in [-0.1, -0.05) is 29.8 Å². The lowest BCUT2D eigenvalue weighted by molar-refractivity contribution is -0.384. The highest BCUT2D eigenvalue weighted by molar-refractivity contribution is 6.01. The number of carbonyl (C=O) groups is 1. The molecule has 0 aromatic heterocycles. The molecule has 3 aromatic carbocycles. The molecule has 0 radical (unpaired) electrons. The van der Waals surface area contributed by atoms with Crippen LogP contribution < -0.4 is 15.4 Å². The second-order valence-corrected chi connectivity index (χ2v) is 9.94. The molecule has 1 aliphatic carbocycles. The molecule has 40 heavy (non-hydrogen) atoms. The van der Waals surface area contributed by atoms with E-state index in [1.165, 1.54) is 23.1 Å². The number of rotatable bonds is 6. The van der Waals surface area contributed by atoms with Crippen LogP contribution in [-0.2, 0) is 11.4 Å². The Kier molecular flexibility index (Phi) is 7.09. The van der Waals surface area contributed by atoms with Gasteiger partial charge in [-0.2, -0.15) is 5.26 Å². The van der Waals surface area contributed by atoms with Crippen LogP contribution >= 0.6 is 0 Å². The first-order chi connectivity index (χ1) is 19.2. The van der Waals surface area contributed by atoms with Crippen LogP contribution in [0.1, 0.15) is 47.4 Å². The number of halogens is 1. The van der Waals surface area contributed by atoms with E-state index < -0.39 is 10.8 Å². The van der Waals surface area contributed by atoms with E-state index in [9.17, 15) is 24.6 Å². The number of Topliss-reactive ketones (excluding diaryl/α,β-unsaturated/α-hetero) is 1. The Morgan fingerprint density at radius 3 is 2.58 bits per heavy atom. The number of nitro groups is 1. The average molecular weight is 539 g/mol. The Balaban J connectivity index is 1.66. The summed E-state index contributed by atoms with van der Waals surface area (Å²) >= 11 is 0. The fourth-order valence-corrected chi connectivity index (χ4v) is 5.59. The average Bonchev–Trinajstić information content (AvgIpc) is 2.93. The molecule has 3 aromatic rings.